The zero-order valence-corrected chi connectivity index (χ0v) is 19.8. The molecule has 0 unspecified atom stereocenters. The zero-order chi connectivity index (χ0) is 45.4. The molecule has 0 radical (unpaired) electrons. The molecule has 186 valence electrons. The van der Waals surface area contributed by atoms with Crippen LogP contribution in [0.15, 0.2) is 133 Å². The Morgan fingerprint density at radius 1 is 0.550 bits per heavy atom. The Labute approximate surface area is 262 Å². The summed E-state index contributed by atoms with van der Waals surface area (Å²) in [6.07, 6.45) is 0. The van der Waals surface area contributed by atoms with E-state index < -0.39 is 212 Å². The molecule has 0 spiro atoms. The third-order valence-electron chi connectivity index (χ3n) is 6.67. The van der Waals surface area contributed by atoms with Crippen LogP contribution < -0.4 is 20.3 Å². The van der Waals surface area contributed by atoms with Crippen molar-refractivity contribution in [2.75, 3.05) is 0 Å². The SMILES string of the molecule is [2H]c1c([2H])c([2H])c(-c2c([2H])c3c4c(c2[2H])-c2c([2H])c([2H])c([2H])c([2H])c2OB4c2c([2H])c([2H])c(-n4c5c([2H])c([2H])c([2H])c([2H])c5c5c([2H])c([2H])c([2H])c([2H])c54)c([2H])c2O3)c([2H])c1[2H]. The molecular formula is C36H22BNO2. The van der Waals surface area contributed by atoms with Crippen LogP contribution in [0.5, 0.6) is 17.2 Å². The fourth-order valence-electron chi connectivity index (χ4n) is 5.00. The molecule has 3 heterocycles. The Morgan fingerprint density at radius 2 is 1.25 bits per heavy atom. The van der Waals surface area contributed by atoms with E-state index in [2.05, 4.69) is 0 Å². The molecule has 0 fully saturated rings. The van der Waals surface area contributed by atoms with Crippen molar-refractivity contribution in [3.05, 3.63) is 133 Å². The molecule has 1 aromatic heterocycles. The first-order chi connectivity index (χ1) is 29.0. The van der Waals surface area contributed by atoms with Gasteiger partial charge in [-0.3, -0.25) is 0 Å². The van der Waals surface area contributed by atoms with Gasteiger partial charge in [0.1, 0.15) is 17.2 Å². The number of fused-ring (bicyclic) bond motifs is 7. The smallest absolute Gasteiger partial charge is 0.434 e. The highest BCUT2D eigenvalue weighted by atomic mass is 16.5. The second-order valence-electron chi connectivity index (χ2n) is 8.80. The maximum atomic E-state index is 9.63. The van der Waals surface area contributed by atoms with E-state index >= 15 is 0 Å². The first-order valence-electron chi connectivity index (χ1n) is 22.8. The monoisotopic (exact) mass is 533 g/mol. The lowest BCUT2D eigenvalue weighted by Gasteiger charge is -2.33. The first-order valence-corrected chi connectivity index (χ1v) is 11.8. The maximum Gasteiger partial charge on any atom is 0.434 e. The highest BCUT2D eigenvalue weighted by Gasteiger charge is 2.41. The first kappa shape index (κ1) is 9.46. The predicted molar refractivity (Wildman–Crippen MR) is 164 cm³/mol. The highest BCUT2D eigenvalue weighted by Crippen LogP contribution is 2.42. The van der Waals surface area contributed by atoms with Gasteiger partial charge in [0.05, 0.1) is 41.2 Å². The van der Waals surface area contributed by atoms with Crippen LogP contribution in [0.25, 0.3) is 49.7 Å². The molecule has 0 atom stereocenters. The molecule has 9 rings (SSSR count). The number of para-hydroxylation sites is 3. The Morgan fingerprint density at radius 3 is 2.05 bits per heavy atom. The van der Waals surface area contributed by atoms with Gasteiger partial charge in [0.25, 0.3) is 0 Å². The molecule has 3 nitrogen and oxygen atoms in total. The van der Waals surface area contributed by atoms with Crippen LogP contribution in [0.1, 0.15) is 30.2 Å². The summed E-state index contributed by atoms with van der Waals surface area (Å²) in [5.41, 5.74) is -4.48. The Bertz CT molecular complexity index is 3240. The van der Waals surface area contributed by atoms with Crippen LogP contribution in [-0.2, 0) is 0 Å². The number of hydrogen-bond donors (Lipinski definition) is 0. The van der Waals surface area contributed by atoms with Gasteiger partial charge in [-0.15, -0.1) is 0 Å². The van der Waals surface area contributed by atoms with E-state index in [1.807, 2.05) is 0 Å². The molecule has 0 saturated heterocycles. The number of ether oxygens (including phenoxy) is 1. The van der Waals surface area contributed by atoms with E-state index in [1.165, 1.54) is 0 Å². The molecule has 2 aliphatic heterocycles. The summed E-state index contributed by atoms with van der Waals surface area (Å²) in [5.74, 6) is -1.83. The Kier molecular flexibility index (Phi) is 1.93. The largest absolute Gasteiger partial charge is 0.551 e. The second kappa shape index (κ2) is 8.14. The van der Waals surface area contributed by atoms with Crippen LogP contribution >= 0.6 is 0 Å². The summed E-state index contributed by atoms with van der Waals surface area (Å²) < 4.78 is 206. The average molecular weight is 534 g/mol. The third-order valence-corrected chi connectivity index (χ3v) is 6.67. The summed E-state index contributed by atoms with van der Waals surface area (Å²) in [5, 5.41) is -0.781. The molecule has 0 amide bonds. The number of rotatable bonds is 2. The minimum Gasteiger partial charge on any atom is -0.551 e. The lowest BCUT2D eigenvalue weighted by atomic mass is 9.50. The van der Waals surface area contributed by atoms with Crippen molar-refractivity contribution >= 4 is 39.6 Å². The van der Waals surface area contributed by atoms with Crippen molar-refractivity contribution in [3.8, 4) is 45.2 Å². The lowest BCUT2D eigenvalue weighted by molar-refractivity contribution is 0.479. The molecule has 7 aromatic rings. The summed E-state index contributed by atoms with van der Waals surface area (Å²) in [7, 11) is 0. The number of hydrogen-bond acceptors (Lipinski definition) is 2. The fraction of sp³-hybridized carbons (Fsp3) is 0. The molecule has 0 N–H and O–H groups in total. The minimum absolute atomic E-state index is 0.290. The van der Waals surface area contributed by atoms with Gasteiger partial charge in [0.15, 0.2) is 0 Å². The Hall–Kier alpha value is -5.22. The van der Waals surface area contributed by atoms with Crippen LogP contribution in [0.4, 0.5) is 0 Å². The standard InChI is InChI=1S/C36H22BNO2/c1-2-10-23(11-3-1)24-20-29-28-14-6-9-17-33(28)40-37-30-19-18-25(22-34(30)39-35(21-24)36(29)37)38-31-15-7-4-12-26(31)27-13-5-8-16-32(27)38/h1-22H/i1D,2D,3D,4D,5D,6D,7D,8D,9D,10D,11D,12D,13D,14D,15D,16D,17D,18D,19D,20D,21D,22D. The molecule has 0 saturated carbocycles. The van der Waals surface area contributed by atoms with Crippen LogP contribution in [0, 0.1) is 0 Å². The summed E-state index contributed by atoms with van der Waals surface area (Å²) in [6, 6.07) is -17.3. The van der Waals surface area contributed by atoms with Gasteiger partial charge in [0.2, 0.25) is 0 Å². The maximum absolute atomic E-state index is 9.63. The normalized spacial score (nSPS) is 20.6. The van der Waals surface area contributed by atoms with Gasteiger partial charge in [-0.1, -0.05) is 90.6 Å². The third kappa shape index (κ3) is 3.02. The Balaban J connectivity index is 1.47. The van der Waals surface area contributed by atoms with E-state index in [-0.39, 0.29) is 5.46 Å². The number of benzene rings is 6. The van der Waals surface area contributed by atoms with Crippen molar-refractivity contribution in [3.63, 3.8) is 0 Å². The second-order valence-corrected chi connectivity index (χ2v) is 8.80. The van der Waals surface area contributed by atoms with Crippen molar-refractivity contribution in [2.24, 2.45) is 0 Å². The van der Waals surface area contributed by atoms with Crippen LogP contribution in [0.3, 0.4) is 0 Å². The van der Waals surface area contributed by atoms with E-state index in [0.29, 0.717) is 0 Å². The van der Waals surface area contributed by atoms with Crippen molar-refractivity contribution < 1.29 is 39.5 Å². The van der Waals surface area contributed by atoms with Gasteiger partial charge < -0.3 is 14.0 Å². The van der Waals surface area contributed by atoms with Crippen molar-refractivity contribution in [2.45, 2.75) is 0 Å². The fourth-order valence-corrected chi connectivity index (χ4v) is 5.00. The van der Waals surface area contributed by atoms with E-state index in [1.54, 1.807) is 0 Å². The zero-order valence-electron chi connectivity index (χ0n) is 41.8. The minimum atomic E-state index is -1.78. The molecule has 0 bridgehead atoms. The van der Waals surface area contributed by atoms with Crippen LogP contribution in [-0.4, -0.2) is 11.5 Å². The number of aromatic nitrogens is 1. The van der Waals surface area contributed by atoms with Gasteiger partial charge in [-0.25, -0.2) is 0 Å². The van der Waals surface area contributed by atoms with E-state index in [4.69, 9.17) is 32.7 Å². The average Bonchev–Trinajstić information content (AvgIpc) is 3.60. The molecule has 40 heavy (non-hydrogen) atoms. The van der Waals surface area contributed by atoms with Crippen molar-refractivity contribution in [1.82, 2.24) is 4.57 Å². The molecule has 6 aromatic carbocycles. The van der Waals surface area contributed by atoms with Gasteiger partial charge >= 0.3 is 6.92 Å². The summed E-state index contributed by atoms with van der Waals surface area (Å²) in [4.78, 5) is 0. The van der Waals surface area contributed by atoms with Gasteiger partial charge in [-0.05, 0) is 52.9 Å². The summed E-state index contributed by atoms with van der Waals surface area (Å²) >= 11 is 0. The van der Waals surface area contributed by atoms with E-state index in [0.717, 1.165) is 4.57 Å². The van der Waals surface area contributed by atoms with Gasteiger partial charge in [0, 0.05) is 39.0 Å². The van der Waals surface area contributed by atoms with Crippen LogP contribution in [0.2, 0.25) is 0 Å². The van der Waals surface area contributed by atoms with E-state index in [9.17, 15) is 6.85 Å². The van der Waals surface area contributed by atoms with Gasteiger partial charge in [-0.2, -0.15) is 0 Å². The molecule has 0 aliphatic carbocycles. The molecule has 2 aliphatic rings. The molecular weight excluding hydrogens is 489 g/mol. The lowest BCUT2D eigenvalue weighted by Crippen LogP contribution is -2.53. The highest BCUT2D eigenvalue weighted by molar-refractivity contribution is 6.84. The topological polar surface area (TPSA) is 23.4 Å². The quantitative estimate of drug-likeness (QED) is 0.213. The predicted octanol–water partition coefficient (Wildman–Crippen LogP) is 7.72. The number of nitrogens with zero attached hydrogens (tertiary/aromatic N) is 1. The van der Waals surface area contributed by atoms with Crippen molar-refractivity contribution in [1.29, 1.82) is 0 Å². The molecule has 4 heteroatoms. The summed E-state index contributed by atoms with van der Waals surface area (Å²) in [6.45, 7) is -1.78.